The van der Waals surface area contributed by atoms with Gasteiger partial charge in [0.2, 0.25) is 0 Å². The second-order valence-corrected chi connectivity index (χ2v) is 4.79. The van der Waals surface area contributed by atoms with E-state index in [0.717, 1.165) is 18.7 Å². The zero-order valence-electron chi connectivity index (χ0n) is 9.05. The molecule has 0 amide bonds. The molecule has 0 atom stereocenters. The van der Waals surface area contributed by atoms with Crippen LogP contribution < -0.4 is 5.32 Å². The standard InChI is InChI=1S/C12H19NO/c1-10(2)13-9-12(5-6-12)8-11-4-3-7-14-11/h3-4,7,10,13H,5-6,8-9H2,1-2H3. The Morgan fingerprint density at radius 1 is 1.50 bits per heavy atom. The van der Waals surface area contributed by atoms with E-state index >= 15 is 0 Å². The Labute approximate surface area is 85.7 Å². The van der Waals surface area contributed by atoms with Crippen molar-refractivity contribution in [3.8, 4) is 0 Å². The van der Waals surface area contributed by atoms with E-state index in [1.54, 1.807) is 6.26 Å². The van der Waals surface area contributed by atoms with Crippen LogP contribution in [0.15, 0.2) is 22.8 Å². The maximum absolute atomic E-state index is 5.39. The van der Waals surface area contributed by atoms with E-state index in [2.05, 4.69) is 25.2 Å². The highest BCUT2D eigenvalue weighted by Crippen LogP contribution is 2.47. The summed E-state index contributed by atoms with van der Waals surface area (Å²) in [4.78, 5) is 0. The predicted octanol–water partition coefficient (Wildman–Crippen LogP) is 2.60. The van der Waals surface area contributed by atoms with Gasteiger partial charge in [0, 0.05) is 19.0 Å². The first-order valence-electron chi connectivity index (χ1n) is 5.46. The molecule has 14 heavy (non-hydrogen) atoms. The van der Waals surface area contributed by atoms with E-state index in [4.69, 9.17) is 4.42 Å². The number of nitrogens with one attached hydrogen (secondary N) is 1. The highest BCUT2D eigenvalue weighted by Gasteiger charge is 2.42. The summed E-state index contributed by atoms with van der Waals surface area (Å²) in [6.07, 6.45) is 5.54. The van der Waals surface area contributed by atoms with Crippen molar-refractivity contribution in [3.05, 3.63) is 24.2 Å². The van der Waals surface area contributed by atoms with Crippen LogP contribution in [0.5, 0.6) is 0 Å². The minimum Gasteiger partial charge on any atom is -0.469 e. The number of hydrogen-bond acceptors (Lipinski definition) is 2. The minimum absolute atomic E-state index is 0.502. The Morgan fingerprint density at radius 3 is 2.79 bits per heavy atom. The van der Waals surface area contributed by atoms with Crippen molar-refractivity contribution in [2.75, 3.05) is 6.54 Å². The van der Waals surface area contributed by atoms with E-state index < -0.39 is 0 Å². The number of furan rings is 1. The van der Waals surface area contributed by atoms with Crippen molar-refractivity contribution in [2.45, 2.75) is 39.2 Å². The summed E-state index contributed by atoms with van der Waals surface area (Å²) >= 11 is 0. The topological polar surface area (TPSA) is 25.2 Å². The van der Waals surface area contributed by atoms with Gasteiger partial charge >= 0.3 is 0 Å². The first kappa shape index (κ1) is 9.78. The Morgan fingerprint density at radius 2 is 2.29 bits per heavy atom. The van der Waals surface area contributed by atoms with Gasteiger partial charge in [-0.15, -0.1) is 0 Å². The maximum Gasteiger partial charge on any atom is 0.104 e. The summed E-state index contributed by atoms with van der Waals surface area (Å²) in [7, 11) is 0. The van der Waals surface area contributed by atoms with E-state index in [1.165, 1.54) is 12.8 Å². The summed E-state index contributed by atoms with van der Waals surface area (Å²) in [5.74, 6) is 1.13. The summed E-state index contributed by atoms with van der Waals surface area (Å²) in [5, 5.41) is 3.52. The largest absolute Gasteiger partial charge is 0.469 e. The highest BCUT2D eigenvalue weighted by molar-refractivity contribution is 5.07. The monoisotopic (exact) mass is 193 g/mol. The lowest BCUT2D eigenvalue weighted by atomic mass is 10.0. The highest BCUT2D eigenvalue weighted by atomic mass is 16.3. The van der Waals surface area contributed by atoms with Crippen LogP contribution in [-0.4, -0.2) is 12.6 Å². The molecule has 1 aliphatic rings. The molecule has 78 valence electrons. The van der Waals surface area contributed by atoms with Gasteiger partial charge in [0.05, 0.1) is 6.26 Å². The fourth-order valence-corrected chi connectivity index (χ4v) is 1.80. The Bertz CT molecular complexity index is 273. The summed E-state index contributed by atoms with van der Waals surface area (Å²) in [6, 6.07) is 4.64. The summed E-state index contributed by atoms with van der Waals surface area (Å²) in [6.45, 7) is 5.53. The van der Waals surface area contributed by atoms with Crippen molar-refractivity contribution in [1.82, 2.24) is 5.32 Å². The van der Waals surface area contributed by atoms with Crippen molar-refractivity contribution in [2.24, 2.45) is 5.41 Å². The average molecular weight is 193 g/mol. The molecule has 1 N–H and O–H groups in total. The Balaban J connectivity index is 1.84. The molecule has 0 spiro atoms. The van der Waals surface area contributed by atoms with Gasteiger partial charge in [-0.05, 0) is 30.4 Å². The van der Waals surface area contributed by atoms with Crippen LogP contribution in [0.4, 0.5) is 0 Å². The first-order chi connectivity index (χ1) is 6.70. The molecule has 0 aromatic carbocycles. The summed E-state index contributed by atoms with van der Waals surface area (Å²) < 4.78 is 5.39. The van der Waals surface area contributed by atoms with Crippen LogP contribution in [0, 0.1) is 5.41 Å². The molecular weight excluding hydrogens is 174 g/mol. The molecule has 1 aliphatic carbocycles. The summed E-state index contributed by atoms with van der Waals surface area (Å²) in [5.41, 5.74) is 0.502. The smallest absolute Gasteiger partial charge is 0.104 e. The van der Waals surface area contributed by atoms with Crippen LogP contribution in [-0.2, 0) is 6.42 Å². The molecule has 0 bridgehead atoms. The third-order valence-electron chi connectivity index (χ3n) is 2.97. The van der Waals surface area contributed by atoms with Gasteiger partial charge in [-0.2, -0.15) is 0 Å². The van der Waals surface area contributed by atoms with Gasteiger partial charge in [0.15, 0.2) is 0 Å². The van der Waals surface area contributed by atoms with Crippen molar-refractivity contribution >= 4 is 0 Å². The molecule has 1 fully saturated rings. The molecule has 1 aromatic rings. The second-order valence-electron chi connectivity index (χ2n) is 4.79. The second kappa shape index (κ2) is 3.77. The quantitative estimate of drug-likeness (QED) is 0.777. The van der Waals surface area contributed by atoms with Crippen LogP contribution in [0.3, 0.4) is 0 Å². The third kappa shape index (κ3) is 2.38. The zero-order chi connectivity index (χ0) is 10.0. The molecule has 0 saturated heterocycles. The first-order valence-corrected chi connectivity index (χ1v) is 5.46. The molecule has 2 rings (SSSR count). The Hall–Kier alpha value is -0.760. The third-order valence-corrected chi connectivity index (χ3v) is 2.97. The average Bonchev–Trinajstić information content (AvgIpc) is 2.70. The van der Waals surface area contributed by atoms with Crippen molar-refractivity contribution < 1.29 is 4.42 Å². The van der Waals surface area contributed by atoms with Crippen LogP contribution >= 0.6 is 0 Å². The van der Waals surface area contributed by atoms with Gasteiger partial charge in [-0.1, -0.05) is 13.8 Å². The van der Waals surface area contributed by atoms with Crippen molar-refractivity contribution in [1.29, 1.82) is 0 Å². The molecule has 1 aromatic heterocycles. The lowest BCUT2D eigenvalue weighted by Crippen LogP contribution is -2.30. The molecule has 1 saturated carbocycles. The number of rotatable bonds is 5. The van der Waals surface area contributed by atoms with E-state index in [9.17, 15) is 0 Å². The zero-order valence-corrected chi connectivity index (χ0v) is 9.05. The molecule has 2 heteroatoms. The van der Waals surface area contributed by atoms with E-state index in [-0.39, 0.29) is 0 Å². The lowest BCUT2D eigenvalue weighted by Gasteiger charge is -2.16. The van der Waals surface area contributed by atoms with E-state index in [1.807, 2.05) is 6.07 Å². The minimum atomic E-state index is 0.502. The van der Waals surface area contributed by atoms with Crippen LogP contribution in [0.2, 0.25) is 0 Å². The lowest BCUT2D eigenvalue weighted by molar-refractivity contribution is 0.388. The molecular formula is C12H19NO. The molecule has 0 aliphatic heterocycles. The van der Waals surface area contributed by atoms with Gasteiger partial charge in [0.1, 0.15) is 5.76 Å². The molecule has 0 radical (unpaired) electrons. The van der Waals surface area contributed by atoms with Crippen LogP contribution in [0.1, 0.15) is 32.4 Å². The molecule has 0 unspecified atom stereocenters. The van der Waals surface area contributed by atoms with Crippen molar-refractivity contribution in [3.63, 3.8) is 0 Å². The van der Waals surface area contributed by atoms with E-state index in [0.29, 0.717) is 11.5 Å². The fourth-order valence-electron chi connectivity index (χ4n) is 1.80. The van der Waals surface area contributed by atoms with Crippen LogP contribution in [0.25, 0.3) is 0 Å². The fraction of sp³-hybridized carbons (Fsp3) is 0.667. The maximum atomic E-state index is 5.39. The predicted molar refractivity (Wildman–Crippen MR) is 57.2 cm³/mol. The Kier molecular flexibility index (Phi) is 2.64. The van der Waals surface area contributed by atoms with Gasteiger partial charge in [-0.25, -0.2) is 0 Å². The normalized spacial score (nSPS) is 18.8. The van der Waals surface area contributed by atoms with Gasteiger partial charge in [0.25, 0.3) is 0 Å². The SMILES string of the molecule is CC(C)NCC1(Cc2ccco2)CC1. The molecule has 2 nitrogen and oxygen atoms in total. The van der Waals surface area contributed by atoms with Gasteiger partial charge in [-0.3, -0.25) is 0 Å². The molecule has 1 heterocycles. The number of hydrogen-bond donors (Lipinski definition) is 1. The van der Waals surface area contributed by atoms with Gasteiger partial charge < -0.3 is 9.73 Å².